The highest BCUT2D eigenvalue weighted by Crippen LogP contribution is 2.28. The number of nitrogens with zero attached hydrogens (tertiary/aromatic N) is 1. The standard InChI is InChI=1S/C14H13N3O4S2/c18-11(5-17-13(20)7-23-14(17)22)15-4-8-1-2-10-9(3-8)16-12(19)6-21-10/h1-3H,4-7H2,(H,15,18)(H,16,19). The minimum atomic E-state index is -0.291. The van der Waals surface area contributed by atoms with Crippen molar-refractivity contribution in [2.45, 2.75) is 6.54 Å². The molecule has 1 fully saturated rings. The minimum absolute atomic E-state index is 0.00483. The molecule has 0 aromatic heterocycles. The number of hydrogen-bond acceptors (Lipinski definition) is 6. The van der Waals surface area contributed by atoms with E-state index in [-0.39, 0.29) is 43.2 Å². The Morgan fingerprint density at radius 3 is 3.00 bits per heavy atom. The minimum Gasteiger partial charge on any atom is -0.482 e. The number of thioether (sulfide) groups is 1. The molecule has 3 amide bonds. The highest BCUT2D eigenvalue weighted by molar-refractivity contribution is 8.23. The van der Waals surface area contributed by atoms with Crippen LogP contribution in [0.15, 0.2) is 18.2 Å². The number of ether oxygens (including phenoxy) is 1. The van der Waals surface area contributed by atoms with Gasteiger partial charge in [-0.1, -0.05) is 30.0 Å². The van der Waals surface area contributed by atoms with Gasteiger partial charge in [-0.25, -0.2) is 0 Å². The van der Waals surface area contributed by atoms with E-state index in [1.54, 1.807) is 18.2 Å². The molecule has 120 valence electrons. The lowest BCUT2D eigenvalue weighted by Gasteiger charge is -2.19. The fourth-order valence-corrected chi connectivity index (χ4v) is 3.24. The van der Waals surface area contributed by atoms with Gasteiger partial charge in [0.05, 0.1) is 11.4 Å². The molecule has 0 radical (unpaired) electrons. The molecule has 0 unspecified atom stereocenters. The van der Waals surface area contributed by atoms with E-state index in [2.05, 4.69) is 10.6 Å². The summed E-state index contributed by atoms with van der Waals surface area (Å²) in [5.74, 6) is 0.239. The Hall–Kier alpha value is -2.13. The number of carbonyl (C=O) groups excluding carboxylic acids is 3. The van der Waals surface area contributed by atoms with Crippen LogP contribution < -0.4 is 15.4 Å². The van der Waals surface area contributed by atoms with Gasteiger partial charge in [0.1, 0.15) is 16.6 Å². The molecule has 0 spiro atoms. The van der Waals surface area contributed by atoms with Crippen LogP contribution in [-0.2, 0) is 20.9 Å². The molecule has 0 aliphatic carbocycles. The average molecular weight is 351 g/mol. The van der Waals surface area contributed by atoms with E-state index in [0.29, 0.717) is 15.8 Å². The topological polar surface area (TPSA) is 87.7 Å². The normalized spacial score (nSPS) is 16.7. The smallest absolute Gasteiger partial charge is 0.262 e. The van der Waals surface area contributed by atoms with Crippen LogP contribution in [-0.4, -0.2) is 45.8 Å². The number of benzene rings is 1. The molecule has 0 bridgehead atoms. The van der Waals surface area contributed by atoms with Gasteiger partial charge in [0.2, 0.25) is 11.8 Å². The monoisotopic (exact) mass is 351 g/mol. The number of amides is 3. The van der Waals surface area contributed by atoms with E-state index >= 15 is 0 Å². The summed E-state index contributed by atoms with van der Waals surface area (Å²) in [6, 6.07) is 5.29. The van der Waals surface area contributed by atoms with Crippen molar-refractivity contribution in [1.82, 2.24) is 10.2 Å². The molecule has 0 atom stereocenters. The predicted molar refractivity (Wildman–Crippen MR) is 89.2 cm³/mol. The SMILES string of the molecule is O=C(CN1C(=O)CSC1=S)NCc1ccc2c(c1)NC(=O)CO2. The summed E-state index contributed by atoms with van der Waals surface area (Å²) in [7, 11) is 0. The Labute approximate surface area is 141 Å². The van der Waals surface area contributed by atoms with Gasteiger partial charge in [-0.15, -0.1) is 0 Å². The Morgan fingerprint density at radius 1 is 1.43 bits per heavy atom. The molecule has 9 heteroatoms. The maximum absolute atomic E-state index is 11.9. The molecule has 7 nitrogen and oxygen atoms in total. The fraction of sp³-hybridized carbons (Fsp3) is 0.286. The summed E-state index contributed by atoms with van der Waals surface area (Å²) in [6.07, 6.45) is 0. The summed E-state index contributed by atoms with van der Waals surface area (Å²) in [5, 5.41) is 5.44. The molecule has 2 heterocycles. The van der Waals surface area contributed by atoms with E-state index in [9.17, 15) is 14.4 Å². The first-order valence-electron chi connectivity index (χ1n) is 6.82. The summed E-state index contributed by atoms with van der Waals surface area (Å²) in [6.45, 7) is 0.213. The van der Waals surface area contributed by atoms with Crippen LogP contribution >= 0.6 is 24.0 Å². The van der Waals surface area contributed by atoms with E-state index in [1.165, 1.54) is 16.7 Å². The quantitative estimate of drug-likeness (QED) is 0.768. The summed E-state index contributed by atoms with van der Waals surface area (Å²) in [5.41, 5.74) is 1.40. The first kappa shape index (κ1) is 15.8. The number of fused-ring (bicyclic) bond motifs is 1. The Morgan fingerprint density at radius 2 is 2.26 bits per heavy atom. The summed E-state index contributed by atoms with van der Waals surface area (Å²) >= 11 is 6.28. The second kappa shape index (κ2) is 6.55. The molecule has 0 saturated carbocycles. The van der Waals surface area contributed by atoms with Crippen LogP contribution in [0.2, 0.25) is 0 Å². The van der Waals surface area contributed by atoms with Crippen molar-refractivity contribution in [3.05, 3.63) is 23.8 Å². The van der Waals surface area contributed by atoms with Crippen LogP contribution in [0, 0.1) is 0 Å². The van der Waals surface area contributed by atoms with Crippen LogP contribution in [0.3, 0.4) is 0 Å². The lowest BCUT2D eigenvalue weighted by Crippen LogP contribution is -2.39. The van der Waals surface area contributed by atoms with E-state index < -0.39 is 0 Å². The fourth-order valence-electron chi connectivity index (χ4n) is 2.17. The maximum Gasteiger partial charge on any atom is 0.262 e. The van der Waals surface area contributed by atoms with Crippen molar-refractivity contribution in [3.63, 3.8) is 0 Å². The van der Waals surface area contributed by atoms with Crippen LogP contribution in [0.4, 0.5) is 5.69 Å². The number of anilines is 1. The average Bonchev–Trinajstić information content (AvgIpc) is 2.84. The zero-order valence-electron chi connectivity index (χ0n) is 12.0. The number of carbonyl (C=O) groups is 3. The first-order valence-corrected chi connectivity index (χ1v) is 8.22. The third-order valence-corrected chi connectivity index (χ3v) is 4.74. The lowest BCUT2D eigenvalue weighted by atomic mass is 10.1. The third kappa shape index (κ3) is 3.62. The van der Waals surface area contributed by atoms with Crippen LogP contribution in [0.1, 0.15) is 5.56 Å². The molecule has 2 aliphatic rings. The summed E-state index contributed by atoms with van der Waals surface area (Å²) < 4.78 is 5.70. The molecular weight excluding hydrogens is 338 g/mol. The summed E-state index contributed by atoms with van der Waals surface area (Å²) in [4.78, 5) is 36.1. The molecule has 1 aromatic rings. The van der Waals surface area contributed by atoms with Crippen molar-refractivity contribution in [1.29, 1.82) is 0 Å². The largest absolute Gasteiger partial charge is 0.482 e. The van der Waals surface area contributed by atoms with E-state index in [0.717, 1.165) is 5.56 Å². The Balaban J connectivity index is 1.57. The highest BCUT2D eigenvalue weighted by Gasteiger charge is 2.28. The highest BCUT2D eigenvalue weighted by atomic mass is 32.2. The third-order valence-electron chi connectivity index (χ3n) is 3.31. The van der Waals surface area contributed by atoms with Crippen molar-refractivity contribution < 1.29 is 19.1 Å². The molecule has 1 aromatic carbocycles. The molecule has 3 rings (SSSR count). The van der Waals surface area contributed by atoms with Gasteiger partial charge in [0.25, 0.3) is 5.91 Å². The second-order valence-electron chi connectivity index (χ2n) is 4.98. The van der Waals surface area contributed by atoms with Crippen LogP contribution in [0.5, 0.6) is 5.75 Å². The second-order valence-corrected chi connectivity index (χ2v) is 6.59. The molecule has 1 saturated heterocycles. The molecule has 23 heavy (non-hydrogen) atoms. The van der Waals surface area contributed by atoms with Crippen molar-refractivity contribution in [3.8, 4) is 5.75 Å². The van der Waals surface area contributed by atoms with Gasteiger partial charge < -0.3 is 15.4 Å². The molecule has 2 N–H and O–H groups in total. The van der Waals surface area contributed by atoms with Crippen molar-refractivity contribution >= 4 is 51.7 Å². The van der Waals surface area contributed by atoms with Gasteiger partial charge >= 0.3 is 0 Å². The Kier molecular flexibility index (Phi) is 4.49. The van der Waals surface area contributed by atoms with Gasteiger partial charge in [-0.2, -0.15) is 0 Å². The number of hydrogen-bond donors (Lipinski definition) is 2. The lowest BCUT2D eigenvalue weighted by molar-refractivity contribution is -0.129. The van der Waals surface area contributed by atoms with E-state index in [1.807, 2.05) is 0 Å². The van der Waals surface area contributed by atoms with Gasteiger partial charge in [0, 0.05) is 6.54 Å². The maximum atomic E-state index is 11.9. The van der Waals surface area contributed by atoms with Crippen LogP contribution in [0.25, 0.3) is 0 Å². The number of thiocarbonyl (C=S) groups is 1. The number of nitrogens with one attached hydrogen (secondary N) is 2. The zero-order chi connectivity index (χ0) is 16.4. The van der Waals surface area contributed by atoms with Crippen molar-refractivity contribution in [2.75, 3.05) is 24.2 Å². The first-order chi connectivity index (χ1) is 11.0. The van der Waals surface area contributed by atoms with Gasteiger partial charge in [-0.3, -0.25) is 19.3 Å². The molecular formula is C14H13N3O4S2. The number of rotatable bonds is 4. The zero-order valence-corrected chi connectivity index (χ0v) is 13.6. The molecule has 2 aliphatic heterocycles. The Bertz CT molecular complexity index is 691. The van der Waals surface area contributed by atoms with Crippen molar-refractivity contribution in [2.24, 2.45) is 0 Å². The van der Waals surface area contributed by atoms with E-state index in [4.69, 9.17) is 17.0 Å². The van der Waals surface area contributed by atoms with Gasteiger partial charge in [-0.05, 0) is 17.7 Å². The predicted octanol–water partition coefficient (Wildman–Crippen LogP) is 0.494. The van der Waals surface area contributed by atoms with Gasteiger partial charge in [0.15, 0.2) is 6.61 Å².